The minimum atomic E-state index is -1.28. The lowest BCUT2D eigenvalue weighted by molar-refractivity contribution is -0.136. The number of aliphatic hydroxyl groups is 2. The largest absolute Gasteiger partial charge is 0.510 e. The van der Waals surface area contributed by atoms with E-state index in [1.807, 2.05) is 37.3 Å². The maximum absolute atomic E-state index is 13.9. The van der Waals surface area contributed by atoms with Crippen LogP contribution in [0.5, 0.6) is 5.75 Å². The van der Waals surface area contributed by atoms with Crippen molar-refractivity contribution in [1.82, 2.24) is 4.90 Å². The first-order valence-corrected chi connectivity index (χ1v) is 14.0. The van der Waals surface area contributed by atoms with Gasteiger partial charge in [-0.3, -0.25) is 19.3 Å². The molecule has 5 rings (SSSR count). The molecule has 3 aliphatic rings. The molecule has 1 fully saturated rings. The van der Waals surface area contributed by atoms with Crippen molar-refractivity contribution < 1.29 is 29.7 Å². The Morgan fingerprint density at radius 2 is 1.76 bits per heavy atom. The number of nitrogens with zero attached hydrogens (tertiary/aromatic N) is 1. The van der Waals surface area contributed by atoms with E-state index in [1.54, 1.807) is 25.1 Å². The van der Waals surface area contributed by atoms with Gasteiger partial charge in [0.2, 0.25) is 0 Å². The van der Waals surface area contributed by atoms with E-state index in [-0.39, 0.29) is 22.6 Å². The van der Waals surface area contributed by atoms with Crippen LogP contribution in [0, 0.1) is 17.8 Å². The summed E-state index contributed by atoms with van der Waals surface area (Å²) in [6, 6.07) is 10.4. The Bertz CT molecular complexity index is 1570. The number of phenols is 1. The summed E-state index contributed by atoms with van der Waals surface area (Å²) in [6.45, 7) is 5.76. The third-order valence-corrected chi connectivity index (χ3v) is 8.93. The zero-order valence-corrected chi connectivity index (χ0v) is 24.1. The fraction of sp³-hybridized carbons (Fsp3) is 0.364. The van der Waals surface area contributed by atoms with Crippen LogP contribution in [0.1, 0.15) is 36.5 Å². The SMILES string of the molecule is C=CCC(C)(N)Cc1ccc(-c2ccc(O)c3c2CC2CC4C(C(=O)C(C(N)=O)=C(O)[C@H]4N(C)C)C(=O)C2=C3O)cc1. The van der Waals surface area contributed by atoms with Crippen LogP contribution >= 0.6 is 0 Å². The Balaban J connectivity index is 1.57. The number of amides is 1. The predicted molar refractivity (Wildman–Crippen MR) is 159 cm³/mol. The summed E-state index contributed by atoms with van der Waals surface area (Å²) in [6.07, 6.45) is 3.77. The van der Waals surface area contributed by atoms with E-state index in [4.69, 9.17) is 11.5 Å². The summed E-state index contributed by atoms with van der Waals surface area (Å²) in [5, 5.41) is 33.2. The number of hydrogen-bond acceptors (Lipinski definition) is 8. The van der Waals surface area contributed by atoms with Crippen molar-refractivity contribution in [3.63, 3.8) is 0 Å². The van der Waals surface area contributed by atoms with Gasteiger partial charge in [-0.05, 0) is 86.9 Å². The number of carbonyl (C=O) groups is 3. The Morgan fingerprint density at radius 3 is 2.36 bits per heavy atom. The van der Waals surface area contributed by atoms with Gasteiger partial charge in [-0.2, -0.15) is 0 Å². The molecule has 9 nitrogen and oxygen atoms in total. The molecule has 0 radical (unpaired) electrons. The molecule has 220 valence electrons. The van der Waals surface area contributed by atoms with E-state index in [0.717, 1.165) is 16.7 Å². The van der Waals surface area contributed by atoms with Crippen LogP contribution in [0.25, 0.3) is 16.9 Å². The van der Waals surface area contributed by atoms with Crippen molar-refractivity contribution in [2.45, 2.75) is 44.2 Å². The maximum Gasteiger partial charge on any atom is 0.255 e. The molecule has 9 heteroatoms. The normalized spacial score (nSPS) is 25.1. The standard InChI is InChI=1S/C33H37N3O6/c1-5-12-33(2,35)15-16-6-8-17(9-7-16)19-10-11-22(37)24-20(19)13-18-14-21-25(29(39)23(18)28(24)38)30(40)26(32(34)42)31(41)27(21)36(3)4/h5-11,18,21,25,27,37-38,41H,1,12-15,35H2,2-4H3,(H2,34,42)/t18?,21?,25?,27-,33?/m0/s1. The van der Waals surface area contributed by atoms with Crippen molar-refractivity contribution >= 4 is 23.2 Å². The van der Waals surface area contributed by atoms with Crippen LogP contribution < -0.4 is 11.5 Å². The summed E-state index contributed by atoms with van der Waals surface area (Å²) in [5.74, 6) is -5.90. The van der Waals surface area contributed by atoms with Gasteiger partial charge in [-0.25, -0.2) is 0 Å². The lowest BCUT2D eigenvalue weighted by Gasteiger charge is -2.46. The number of nitrogens with two attached hydrogens (primary N) is 2. The molecule has 1 amide bonds. The van der Waals surface area contributed by atoms with Crippen LogP contribution in [-0.4, -0.2) is 63.4 Å². The summed E-state index contributed by atoms with van der Waals surface area (Å²) in [5.41, 5.74) is 14.5. The molecule has 1 saturated carbocycles. The predicted octanol–water partition coefficient (Wildman–Crippen LogP) is 3.35. The van der Waals surface area contributed by atoms with Gasteiger partial charge in [-0.1, -0.05) is 36.4 Å². The number of primary amides is 1. The van der Waals surface area contributed by atoms with Gasteiger partial charge in [0.05, 0.1) is 17.5 Å². The number of aliphatic hydroxyl groups excluding tert-OH is 2. The van der Waals surface area contributed by atoms with Crippen molar-refractivity contribution in [2.24, 2.45) is 29.2 Å². The fourth-order valence-electron chi connectivity index (χ4n) is 7.21. The number of likely N-dealkylation sites (N-methyl/N-ethyl adjacent to an activating group) is 1. The molecule has 0 spiro atoms. The van der Waals surface area contributed by atoms with Gasteiger partial charge in [0, 0.05) is 11.1 Å². The Hall–Kier alpha value is -4.21. The second-order valence-corrected chi connectivity index (χ2v) is 12.3. The quantitative estimate of drug-likeness (QED) is 0.192. The number of benzene rings is 2. The van der Waals surface area contributed by atoms with Crippen molar-refractivity contribution in [3.8, 4) is 16.9 Å². The van der Waals surface area contributed by atoms with Gasteiger partial charge >= 0.3 is 0 Å². The molecular formula is C33H37N3O6. The van der Waals surface area contributed by atoms with E-state index in [0.29, 0.717) is 31.2 Å². The molecule has 0 aromatic heterocycles. The first-order chi connectivity index (χ1) is 19.8. The zero-order chi connectivity index (χ0) is 30.7. The molecular weight excluding hydrogens is 534 g/mol. The highest BCUT2D eigenvalue weighted by Crippen LogP contribution is 2.51. The molecule has 2 aromatic carbocycles. The van der Waals surface area contributed by atoms with Gasteiger partial charge in [-0.15, -0.1) is 6.58 Å². The molecule has 0 saturated heterocycles. The highest BCUT2D eigenvalue weighted by Gasteiger charge is 2.55. The molecule has 42 heavy (non-hydrogen) atoms. The molecule has 5 atom stereocenters. The van der Waals surface area contributed by atoms with Gasteiger partial charge < -0.3 is 26.8 Å². The van der Waals surface area contributed by atoms with Crippen LogP contribution in [0.3, 0.4) is 0 Å². The van der Waals surface area contributed by atoms with E-state index >= 15 is 0 Å². The number of phenolic OH excluding ortho intramolecular Hbond substituents is 1. The number of hydrogen-bond donors (Lipinski definition) is 5. The van der Waals surface area contributed by atoms with E-state index in [9.17, 15) is 29.7 Å². The third kappa shape index (κ3) is 4.72. The first kappa shape index (κ1) is 29.3. The molecule has 0 bridgehead atoms. The second kappa shape index (κ2) is 10.6. The Kier molecular flexibility index (Phi) is 7.37. The average molecular weight is 572 g/mol. The lowest BCUT2D eigenvalue weighted by Crippen LogP contribution is -2.55. The van der Waals surface area contributed by atoms with E-state index in [2.05, 4.69) is 6.58 Å². The summed E-state index contributed by atoms with van der Waals surface area (Å²) in [4.78, 5) is 41.1. The number of ketones is 2. The molecule has 4 unspecified atom stereocenters. The molecule has 7 N–H and O–H groups in total. The van der Waals surface area contributed by atoms with Crippen molar-refractivity contribution in [1.29, 1.82) is 0 Å². The molecule has 3 aliphatic carbocycles. The van der Waals surface area contributed by atoms with Crippen LogP contribution in [-0.2, 0) is 27.2 Å². The first-order valence-electron chi connectivity index (χ1n) is 14.0. The minimum Gasteiger partial charge on any atom is -0.510 e. The van der Waals surface area contributed by atoms with Crippen molar-refractivity contribution in [2.75, 3.05) is 14.1 Å². The molecule has 0 aliphatic heterocycles. The van der Waals surface area contributed by atoms with Crippen LogP contribution in [0.2, 0.25) is 0 Å². The third-order valence-electron chi connectivity index (χ3n) is 8.93. The lowest BCUT2D eigenvalue weighted by atomic mass is 9.59. The number of carbonyl (C=O) groups excluding carboxylic acids is 3. The van der Waals surface area contributed by atoms with Crippen LogP contribution in [0.4, 0.5) is 0 Å². The molecule has 0 heterocycles. The number of rotatable bonds is 7. The van der Waals surface area contributed by atoms with E-state index in [1.165, 1.54) is 6.07 Å². The second-order valence-electron chi connectivity index (χ2n) is 12.3. The minimum absolute atomic E-state index is 0.0621. The van der Waals surface area contributed by atoms with Gasteiger partial charge in [0.1, 0.15) is 22.8 Å². The molecule has 2 aromatic rings. The fourth-order valence-corrected chi connectivity index (χ4v) is 7.21. The summed E-state index contributed by atoms with van der Waals surface area (Å²) < 4.78 is 0. The maximum atomic E-state index is 13.9. The van der Waals surface area contributed by atoms with Crippen molar-refractivity contribution in [3.05, 3.63) is 82.6 Å². The van der Waals surface area contributed by atoms with Gasteiger partial charge in [0.25, 0.3) is 5.91 Å². The van der Waals surface area contributed by atoms with E-state index < -0.39 is 58.1 Å². The average Bonchev–Trinajstić information content (AvgIpc) is 2.88. The number of Topliss-reactive ketones (excluding diaryl/α,β-unsaturated/α-hetero) is 2. The number of aromatic hydroxyl groups is 1. The number of allylic oxidation sites excluding steroid dienone is 1. The summed E-state index contributed by atoms with van der Waals surface area (Å²) in [7, 11) is 3.39. The highest BCUT2D eigenvalue weighted by atomic mass is 16.3. The monoisotopic (exact) mass is 571 g/mol. The topological polar surface area (TPSA) is 167 Å². The smallest absolute Gasteiger partial charge is 0.255 e. The number of fused-ring (bicyclic) bond motifs is 3. The zero-order valence-electron chi connectivity index (χ0n) is 24.1. The Morgan fingerprint density at radius 1 is 1.10 bits per heavy atom. The summed E-state index contributed by atoms with van der Waals surface area (Å²) >= 11 is 0. The van der Waals surface area contributed by atoms with Gasteiger partial charge in [0.15, 0.2) is 11.6 Å². The Labute approximate surface area is 244 Å². The highest BCUT2D eigenvalue weighted by molar-refractivity contribution is 6.28. The van der Waals surface area contributed by atoms with Crippen LogP contribution in [0.15, 0.2) is 66.0 Å².